The van der Waals surface area contributed by atoms with E-state index < -0.39 is 29.7 Å². The molecule has 1 aromatic rings. The molecule has 2 rings (SSSR count). The molecule has 0 bridgehead atoms. The van der Waals surface area contributed by atoms with E-state index in [9.17, 15) is 14.7 Å². The van der Waals surface area contributed by atoms with Crippen LogP contribution in [0.25, 0.3) is 0 Å². The number of H-pyrrole nitrogens is 1. The number of halogens is 1. The molecule has 112 valence electrons. The molecule has 0 aliphatic carbocycles. The summed E-state index contributed by atoms with van der Waals surface area (Å²) in [4.78, 5) is 25.3. The molecule has 0 amide bonds. The standard InChI is InChI=1S/C12H18ClN3O4/c1-7-6-16(12(19)15-11(7)18)10-4-8(17)9(20-10)5-14-3-2-13/h6,8-10,14,17H,2-5H2,1H3,(H,15,18,19)/t8?,9-,10-/m1/s1. The summed E-state index contributed by atoms with van der Waals surface area (Å²) in [7, 11) is 0. The Hall–Kier alpha value is -1.15. The number of hydrogen-bond donors (Lipinski definition) is 3. The molecular weight excluding hydrogens is 286 g/mol. The molecule has 3 atom stereocenters. The van der Waals surface area contributed by atoms with E-state index >= 15 is 0 Å². The number of alkyl halides is 1. The average Bonchev–Trinajstić information content (AvgIpc) is 2.76. The number of aliphatic hydroxyl groups excluding tert-OH is 1. The number of aryl methyl sites for hydroxylation is 1. The predicted molar refractivity (Wildman–Crippen MR) is 74.2 cm³/mol. The predicted octanol–water partition coefficient (Wildman–Crippen LogP) is -0.678. The largest absolute Gasteiger partial charge is 0.390 e. The third kappa shape index (κ3) is 3.29. The summed E-state index contributed by atoms with van der Waals surface area (Å²) < 4.78 is 6.97. The molecule has 1 aliphatic heterocycles. The van der Waals surface area contributed by atoms with Gasteiger partial charge in [0.1, 0.15) is 6.23 Å². The van der Waals surface area contributed by atoms with Crippen LogP contribution in [0.2, 0.25) is 0 Å². The van der Waals surface area contributed by atoms with Gasteiger partial charge in [-0.05, 0) is 6.92 Å². The van der Waals surface area contributed by atoms with Gasteiger partial charge in [0.2, 0.25) is 0 Å². The smallest absolute Gasteiger partial charge is 0.330 e. The zero-order chi connectivity index (χ0) is 14.7. The van der Waals surface area contributed by atoms with Gasteiger partial charge in [-0.15, -0.1) is 11.6 Å². The quantitative estimate of drug-likeness (QED) is 0.495. The minimum atomic E-state index is -0.665. The van der Waals surface area contributed by atoms with E-state index in [0.717, 1.165) is 0 Å². The molecule has 1 fully saturated rings. The van der Waals surface area contributed by atoms with Gasteiger partial charge in [-0.1, -0.05) is 0 Å². The number of ether oxygens (including phenoxy) is 1. The highest BCUT2D eigenvalue weighted by molar-refractivity contribution is 6.18. The number of rotatable bonds is 5. The first-order valence-electron chi connectivity index (χ1n) is 6.45. The van der Waals surface area contributed by atoms with Gasteiger partial charge >= 0.3 is 5.69 Å². The van der Waals surface area contributed by atoms with Gasteiger partial charge in [-0.3, -0.25) is 14.3 Å². The fourth-order valence-electron chi connectivity index (χ4n) is 2.18. The number of aliphatic hydroxyl groups is 1. The molecule has 8 heteroatoms. The maximum atomic E-state index is 11.8. The van der Waals surface area contributed by atoms with Crippen molar-refractivity contribution in [2.45, 2.75) is 31.8 Å². The highest BCUT2D eigenvalue weighted by atomic mass is 35.5. The lowest BCUT2D eigenvalue weighted by Crippen LogP contribution is -2.35. The molecule has 0 aromatic carbocycles. The second-order valence-corrected chi connectivity index (χ2v) is 5.18. The molecule has 1 saturated heterocycles. The first-order valence-corrected chi connectivity index (χ1v) is 6.98. The van der Waals surface area contributed by atoms with Crippen molar-refractivity contribution in [2.24, 2.45) is 0 Å². The van der Waals surface area contributed by atoms with E-state index in [4.69, 9.17) is 16.3 Å². The number of nitrogens with zero attached hydrogens (tertiary/aromatic N) is 1. The molecule has 1 aliphatic rings. The Morgan fingerprint density at radius 2 is 2.35 bits per heavy atom. The monoisotopic (exact) mass is 303 g/mol. The summed E-state index contributed by atoms with van der Waals surface area (Å²) in [5.74, 6) is 0.477. The van der Waals surface area contributed by atoms with Gasteiger partial charge in [-0.2, -0.15) is 0 Å². The van der Waals surface area contributed by atoms with Crippen LogP contribution in [0.5, 0.6) is 0 Å². The van der Waals surface area contributed by atoms with E-state index in [1.807, 2.05) is 0 Å². The van der Waals surface area contributed by atoms with Crippen LogP contribution < -0.4 is 16.6 Å². The molecule has 0 spiro atoms. The van der Waals surface area contributed by atoms with Crippen molar-refractivity contribution in [2.75, 3.05) is 19.0 Å². The fourth-order valence-corrected chi connectivity index (χ4v) is 2.31. The van der Waals surface area contributed by atoms with Gasteiger partial charge in [0.15, 0.2) is 0 Å². The van der Waals surface area contributed by atoms with E-state index in [1.165, 1.54) is 10.8 Å². The van der Waals surface area contributed by atoms with Gasteiger partial charge in [-0.25, -0.2) is 4.79 Å². The van der Waals surface area contributed by atoms with Crippen LogP contribution in [0.15, 0.2) is 15.8 Å². The fraction of sp³-hybridized carbons (Fsp3) is 0.667. The highest BCUT2D eigenvalue weighted by Crippen LogP contribution is 2.27. The van der Waals surface area contributed by atoms with Crippen LogP contribution in [0.3, 0.4) is 0 Å². The van der Waals surface area contributed by atoms with E-state index in [2.05, 4.69) is 10.3 Å². The Kier molecular flexibility index (Phi) is 4.98. The Balaban J connectivity index is 2.10. The van der Waals surface area contributed by atoms with Gasteiger partial charge in [0, 0.05) is 37.2 Å². The van der Waals surface area contributed by atoms with Crippen molar-refractivity contribution >= 4 is 11.6 Å². The van der Waals surface area contributed by atoms with Crippen LogP contribution in [0, 0.1) is 6.92 Å². The molecule has 2 heterocycles. The van der Waals surface area contributed by atoms with E-state index in [1.54, 1.807) is 6.92 Å². The number of nitrogens with one attached hydrogen (secondary N) is 2. The second kappa shape index (κ2) is 6.53. The summed E-state index contributed by atoms with van der Waals surface area (Å²) in [6.07, 6.45) is 0.117. The lowest BCUT2D eigenvalue weighted by atomic mass is 10.2. The highest BCUT2D eigenvalue weighted by Gasteiger charge is 2.35. The Labute approximate surface area is 120 Å². The second-order valence-electron chi connectivity index (χ2n) is 4.80. The maximum absolute atomic E-state index is 11.8. The number of aromatic nitrogens is 2. The first kappa shape index (κ1) is 15.2. The lowest BCUT2D eigenvalue weighted by Gasteiger charge is -2.16. The van der Waals surface area contributed by atoms with Crippen molar-refractivity contribution in [3.05, 3.63) is 32.6 Å². The van der Waals surface area contributed by atoms with Crippen molar-refractivity contribution < 1.29 is 9.84 Å². The third-order valence-corrected chi connectivity index (χ3v) is 3.47. The van der Waals surface area contributed by atoms with Crippen LogP contribution in [0.1, 0.15) is 18.2 Å². The molecular formula is C12H18ClN3O4. The molecule has 0 saturated carbocycles. The molecule has 0 radical (unpaired) electrons. The van der Waals surface area contributed by atoms with Crippen LogP contribution >= 0.6 is 11.6 Å². The van der Waals surface area contributed by atoms with Crippen LogP contribution in [0.4, 0.5) is 0 Å². The van der Waals surface area contributed by atoms with E-state index in [-0.39, 0.29) is 0 Å². The van der Waals surface area contributed by atoms with Crippen LogP contribution in [-0.2, 0) is 4.74 Å². The maximum Gasteiger partial charge on any atom is 0.330 e. The topological polar surface area (TPSA) is 96.3 Å². The molecule has 3 N–H and O–H groups in total. The molecule has 1 aromatic heterocycles. The van der Waals surface area contributed by atoms with Crippen molar-refractivity contribution in [1.29, 1.82) is 0 Å². The zero-order valence-electron chi connectivity index (χ0n) is 11.1. The van der Waals surface area contributed by atoms with Gasteiger partial charge < -0.3 is 15.2 Å². The summed E-state index contributed by atoms with van der Waals surface area (Å²) in [5, 5.41) is 13.0. The van der Waals surface area contributed by atoms with Crippen molar-refractivity contribution in [1.82, 2.24) is 14.9 Å². The van der Waals surface area contributed by atoms with Gasteiger partial charge in [0.05, 0.1) is 12.2 Å². The average molecular weight is 304 g/mol. The first-order chi connectivity index (χ1) is 9.52. The summed E-state index contributed by atoms with van der Waals surface area (Å²) in [5.41, 5.74) is -0.524. The van der Waals surface area contributed by atoms with Crippen molar-refractivity contribution in [3.63, 3.8) is 0 Å². The van der Waals surface area contributed by atoms with Gasteiger partial charge in [0.25, 0.3) is 5.56 Å². The molecule has 1 unspecified atom stereocenters. The molecule has 7 nitrogen and oxygen atoms in total. The van der Waals surface area contributed by atoms with Crippen molar-refractivity contribution in [3.8, 4) is 0 Å². The summed E-state index contributed by atoms with van der Waals surface area (Å²) in [6, 6.07) is 0. The summed E-state index contributed by atoms with van der Waals surface area (Å²) in [6.45, 7) is 2.69. The van der Waals surface area contributed by atoms with E-state index in [0.29, 0.717) is 31.0 Å². The lowest BCUT2D eigenvalue weighted by molar-refractivity contribution is -0.0190. The number of aromatic amines is 1. The normalized spacial score (nSPS) is 26.1. The Morgan fingerprint density at radius 1 is 1.60 bits per heavy atom. The Morgan fingerprint density at radius 3 is 3.05 bits per heavy atom. The Bertz CT molecular complexity index is 571. The van der Waals surface area contributed by atoms with Crippen LogP contribution in [-0.4, -0.2) is 45.8 Å². The number of hydrogen-bond acceptors (Lipinski definition) is 5. The minimum Gasteiger partial charge on any atom is -0.390 e. The summed E-state index contributed by atoms with van der Waals surface area (Å²) >= 11 is 5.56. The third-order valence-electron chi connectivity index (χ3n) is 3.28. The SMILES string of the molecule is Cc1cn([C@H]2CC(O)[C@@H](CNCCCl)O2)c(=O)[nH]c1=O. The minimum absolute atomic E-state index is 0.304. The molecule has 20 heavy (non-hydrogen) atoms. The zero-order valence-corrected chi connectivity index (χ0v) is 11.9.